The fourth-order valence-corrected chi connectivity index (χ4v) is 3.52. The molecule has 8 heteroatoms. The normalized spacial score (nSPS) is 18.4. The lowest BCUT2D eigenvalue weighted by molar-refractivity contribution is -0.133. The van der Waals surface area contributed by atoms with Crippen LogP contribution in [0.1, 0.15) is 24.3 Å². The highest BCUT2D eigenvalue weighted by atomic mass is 32.1. The van der Waals surface area contributed by atoms with E-state index in [-0.39, 0.29) is 24.5 Å². The second-order valence-electron chi connectivity index (χ2n) is 5.81. The van der Waals surface area contributed by atoms with Gasteiger partial charge >= 0.3 is 6.03 Å². The number of hydrogen-bond acceptors (Lipinski definition) is 5. The van der Waals surface area contributed by atoms with Gasteiger partial charge in [-0.2, -0.15) is 0 Å². The summed E-state index contributed by atoms with van der Waals surface area (Å²) in [7, 11) is 0. The topological polar surface area (TPSA) is 98.9 Å². The van der Waals surface area contributed by atoms with Gasteiger partial charge in [-0.05, 0) is 18.4 Å². The third-order valence-corrected chi connectivity index (χ3v) is 4.82. The average molecular weight is 340 g/mol. The van der Waals surface area contributed by atoms with Crippen LogP contribution in [0.25, 0.3) is 0 Å². The summed E-state index contributed by atoms with van der Waals surface area (Å²) in [5.74, 6) is 0.00819. The van der Waals surface area contributed by atoms with Crippen molar-refractivity contribution in [3.8, 4) is 0 Å². The lowest BCUT2D eigenvalue weighted by Gasteiger charge is -2.35. The number of nitrogens with one attached hydrogen (secondary N) is 1. The number of amides is 3. The molecule has 0 spiro atoms. The molecular formula is C15H24N4O3S. The molecular weight excluding hydrogens is 316 g/mol. The zero-order chi connectivity index (χ0) is 16.8. The maximum absolute atomic E-state index is 12.5. The summed E-state index contributed by atoms with van der Waals surface area (Å²) >= 11 is 1.49. The van der Waals surface area contributed by atoms with Crippen molar-refractivity contribution in [2.75, 3.05) is 32.7 Å². The molecule has 0 radical (unpaired) electrons. The highest BCUT2D eigenvalue weighted by Gasteiger charge is 2.25. The first-order valence-corrected chi connectivity index (χ1v) is 8.61. The predicted octanol–water partition coefficient (Wildman–Crippen LogP) is 0.373. The van der Waals surface area contributed by atoms with Crippen molar-refractivity contribution in [2.24, 2.45) is 5.73 Å². The SMILES string of the molecule is C[C@H](O)CN1CCN(C(=O)C[C@H](NC(N)=O)c2cccs2)CC1. The summed E-state index contributed by atoms with van der Waals surface area (Å²) in [5.41, 5.74) is 5.22. The van der Waals surface area contributed by atoms with Gasteiger partial charge in [0.15, 0.2) is 0 Å². The van der Waals surface area contributed by atoms with Crippen molar-refractivity contribution in [3.63, 3.8) is 0 Å². The van der Waals surface area contributed by atoms with Crippen LogP contribution in [0.4, 0.5) is 4.79 Å². The van der Waals surface area contributed by atoms with Gasteiger partial charge in [-0.15, -0.1) is 11.3 Å². The Kier molecular flexibility index (Phi) is 6.37. The van der Waals surface area contributed by atoms with E-state index < -0.39 is 6.03 Å². The first-order chi connectivity index (χ1) is 11.0. The van der Waals surface area contributed by atoms with E-state index in [1.165, 1.54) is 11.3 Å². The molecule has 1 aliphatic heterocycles. The fourth-order valence-electron chi connectivity index (χ4n) is 2.74. The molecule has 2 heterocycles. The Morgan fingerprint density at radius 3 is 2.61 bits per heavy atom. The minimum absolute atomic E-state index is 0.00819. The Morgan fingerprint density at radius 2 is 2.09 bits per heavy atom. The first kappa shape index (κ1) is 17.7. The molecule has 3 amide bonds. The molecule has 7 nitrogen and oxygen atoms in total. The number of β-amino-alcohol motifs (C(OH)–C–C–N with tert-alkyl or cyclic N) is 1. The molecule has 0 saturated carbocycles. The molecule has 128 valence electrons. The number of carbonyl (C=O) groups is 2. The summed E-state index contributed by atoms with van der Waals surface area (Å²) in [4.78, 5) is 28.5. The first-order valence-electron chi connectivity index (χ1n) is 7.73. The Labute approximate surface area is 140 Å². The Hall–Kier alpha value is -1.64. The molecule has 1 aliphatic rings. The average Bonchev–Trinajstić information content (AvgIpc) is 3.00. The molecule has 0 aromatic carbocycles. The number of carbonyl (C=O) groups excluding carboxylic acids is 2. The third-order valence-electron chi connectivity index (χ3n) is 3.83. The van der Waals surface area contributed by atoms with Crippen molar-refractivity contribution < 1.29 is 14.7 Å². The smallest absolute Gasteiger partial charge is 0.312 e. The number of primary amides is 1. The van der Waals surface area contributed by atoms with E-state index in [9.17, 15) is 14.7 Å². The van der Waals surface area contributed by atoms with Gasteiger partial charge in [0.25, 0.3) is 0 Å². The molecule has 1 aromatic rings. The largest absolute Gasteiger partial charge is 0.392 e. The second-order valence-corrected chi connectivity index (χ2v) is 6.79. The number of thiophene rings is 1. The van der Waals surface area contributed by atoms with Crippen molar-refractivity contribution in [1.82, 2.24) is 15.1 Å². The van der Waals surface area contributed by atoms with Crippen molar-refractivity contribution in [2.45, 2.75) is 25.5 Å². The van der Waals surface area contributed by atoms with E-state index in [4.69, 9.17) is 5.73 Å². The van der Waals surface area contributed by atoms with Gasteiger partial charge < -0.3 is 21.1 Å². The zero-order valence-electron chi connectivity index (χ0n) is 13.3. The van der Waals surface area contributed by atoms with Crippen molar-refractivity contribution in [1.29, 1.82) is 0 Å². The number of aliphatic hydroxyl groups is 1. The third kappa shape index (κ3) is 5.49. The number of hydrogen-bond donors (Lipinski definition) is 3. The Bertz CT molecular complexity index is 513. The number of aliphatic hydroxyl groups excluding tert-OH is 1. The monoisotopic (exact) mass is 340 g/mol. The van der Waals surface area contributed by atoms with Crippen LogP contribution in [0, 0.1) is 0 Å². The number of rotatable bonds is 6. The quantitative estimate of drug-likeness (QED) is 0.697. The predicted molar refractivity (Wildman–Crippen MR) is 89.1 cm³/mol. The van der Waals surface area contributed by atoms with Crippen LogP contribution >= 0.6 is 11.3 Å². The van der Waals surface area contributed by atoms with Crippen molar-refractivity contribution in [3.05, 3.63) is 22.4 Å². The maximum atomic E-state index is 12.5. The van der Waals surface area contributed by atoms with E-state index in [1.807, 2.05) is 22.4 Å². The zero-order valence-corrected chi connectivity index (χ0v) is 14.1. The van der Waals surface area contributed by atoms with E-state index in [1.54, 1.807) is 6.92 Å². The summed E-state index contributed by atoms with van der Waals surface area (Å²) in [6, 6.07) is 2.77. The lowest BCUT2D eigenvalue weighted by atomic mass is 10.1. The van der Waals surface area contributed by atoms with Gasteiger partial charge in [0.1, 0.15) is 0 Å². The van der Waals surface area contributed by atoms with Crippen LogP contribution in [0.15, 0.2) is 17.5 Å². The molecule has 0 aliphatic carbocycles. The minimum atomic E-state index is -0.627. The summed E-state index contributed by atoms with van der Waals surface area (Å²) in [5, 5.41) is 14.0. The van der Waals surface area contributed by atoms with Gasteiger partial charge in [0.2, 0.25) is 5.91 Å². The maximum Gasteiger partial charge on any atom is 0.312 e. The van der Waals surface area contributed by atoms with Crippen molar-refractivity contribution >= 4 is 23.3 Å². The van der Waals surface area contributed by atoms with Gasteiger partial charge in [0, 0.05) is 37.6 Å². The molecule has 1 saturated heterocycles. The number of nitrogens with zero attached hydrogens (tertiary/aromatic N) is 2. The van der Waals surface area contributed by atoms with Gasteiger partial charge in [-0.25, -0.2) is 4.79 Å². The van der Waals surface area contributed by atoms with E-state index in [0.717, 1.165) is 18.0 Å². The molecule has 2 atom stereocenters. The summed E-state index contributed by atoms with van der Waals surface area (Å²) < 4.78 is 0. The van der Waals surface area contributed by atoms with Crippen LogP contribution in [-0.4, -0.2) is 65.7 Å². The number of nitrogens with two attached hydrogens (primary N) is 1. The second kappa shape index (κ2) is 8.28. The Morgan fingerprint density at radius 1 is 1.39 bits per heavy atom. The highest BCUT2D eigenvalue weighted by molar-refractivity contribution is 7.10. The van der Waals surface area contributed by atoms with Gasteiger partial charge in [-0.1, -0.05) is 6.07 Å². The van der Waals surface area contributed by atoms with Crippen LogP contribution in [0.3, 0.4) is 0 Å². The number of piperazine rings is 1. The highest BCUT2D eigenvalue weighted by Crippen LogP contribution is 2.23. The molecule has 23 heavy (non-hydrogen) atoms. The van der Waals surface area contributed by atoms with E-state index in [2.05, 4.69) is 10.2 Å². The van der Waals surface area contributed by atoms with Crippen LogP contribution < -0.4 is 11.1 Å². The van der Waals surface area contributed by atoms with E-state index in [0.29, 0.717) is 19.6 Å². The lowest BCUT2D eigenvalue weighted by Crippen LogP contribution is -2.50. The Balaban J connectivity index is 1.88. The van der Waals surface area contributed by atoms with Crippen LogP contribution in [-0.2, 0) is 4.79 Å². The van der Waals surface area contributed by atoms with Crippen LogP contribution in [0.5, 0.6) is 0 Å². The standard InChI is InChI=1S/C15H24N4O3S/c1-11(20)10-18-4-6-19(7-5-18)14(21)9-12(17-15(16)22)13-3-2-8-23-13/h2-3,8,11-12,20H,4-7,9-10H2,1H3,(H3,16,17,22)/t11-,12-/m0/s1. The fraction of sp³-hybridized carbons (Fsp3) is 0.600. The molecule has 2 rings (SSSR count). The minimum Gasteiger partial charge on any atom is -0.392 e. The van der Waals surface area contributed by atoms with Gasteiger partial charge in [-0.3, -0.25) is 9.69 Å². The molecule has 1 aromatic heterocycles. The molecule has 4 N–H and O–H groups in total. The van der Waals surface area contributed by atoms with Crippen LogP contribution in [0.2, 0.25) is 0 Å². The van der Waals surface area contributed by atoms with E-state index >= 15 is 0 Å². The molecule has 0 bridgehead atoms. The summed E-state index contributed by atoms with van der Waals surface area (Å²) in [6.45, 7) is 5.17. The van der Waals surface area contributed by atoms with Gasteiger partial charge in [0.05, 0.1) is 18.6 Å². The molecule has 1 fully saturated rings. The number of urea groups is 1. The molecule has 0 unspecified atom stereocenters. The summed E-state index contributed by atoms with van der Waals surface area (Å²) in [6.07, 6.45) is -0.153.